The van der Waals surface area contributed by atoms with Crippen LogP contribution in [0.15, 0.2) is 48.5 Å². The van der Waals surface area contributed by atoms with Crippen LogP contribution in [-0.2, 0) is 16.7 Å². The van der Waals surface area contributed by atoms with Gasteiger partial charge in [0.25, 0.3) is 0 Å². The molecule has 1 aliphatic heterocycles. The summed E-state index contributed by atoms with van der Waals surface area (Å²) in [5.74, 6) is 1.05. The number of nitrogens with one attached hydrogen (secondary N) is 1. The highest BCUT2D eigenvalue weighted by atomic mass is 32.2. The molecule has 2 nitrogen and oxygen atoms in total. The number of aromatic amines is 1. The summed E-state index contributed by atoms with van der Waals surface area (Å²) in [5.41, 5.74) is 5.28. The molecule has 1 aromatic heterocycles. The van der Waals surface area contributed by atoms with Crippen molar-refractivity contribution in [2.75, 3.05) is 19.8 Å². The Bertz CT molecular complexity index is 1010. The molecular weight excluding hydrogens is 367 g/mol. The number of thioether (sulfide) groups is 1. The highest BCUT2D eigenvalue weighted by Gasteiger charge is 2.48. The Morgan fingerprint density at radius 2 is 1.79 bits per heavy atom. The number of aryl methyl sites for hydroxylation is 1. The lowest BCUT2D eigenvalue weighted by Crippen LogP contribution is -2.48. The quantitative estimate of drug-likeness (QED) is 0.590. The molecular formula is C24H27FN2S. The van der Waals surface area contributed by atoms with Crippen LogP contribution in [0.2, 0.25) is 0 Å². The van der Waals surface area contributed by atoms with E-state index < -0.39 is 0 Å². The van der Waals surface area contributed by atoms with E-state index in [2.05, 4.69) is 66.1 Å². The van der Waals surface area contributed by atoms with E-state index in [1.807, 2.05) is 6.07 Å². The first-order valence-corrected chi connectivity index (χ1v) is 11.2. The van der Waals surface area contributed by atoms with E-state index >= 15 is 0 Å². The molecule has 2 heterocycles. The van der Waals surface area contributed by atoms with Crippen molar-refractivity contribution in [2.24, 2.45) is 0 Å². The summed E-state index contributed by atoms with van der Waals surface area (Å²) >= 11 is 2.13. The number of halogens is 1. The molecule has 0 radical (unpaired) electrons. The van der Waals surface area contributed by atoms with Crippen LogP contribution < -0.4 is 0 Å². The fraction of sp³-hybridized carbons (Fsp3) is 0.417. The highest BCUT2D eigenvalue weighted by Crippen LogP contribution is 2.57. The van der Waals surface area contributed by atoms with Gasteiger partial charge in [0.05, 0.1) is 4.75 Å². The number of para-hydroxylation sites is 1. The van der Waals surface area contributed by atoms with E-state index in [0.717, 1.165) is 37.7 Å². The Morgan fingerprint density at radius 1 is 1.00 bits per heavy atom. The second-order valence-electron chi connectivity index (χ2n) is 8.55. The number of hydrogen-bond acceptors (Lipinski definition) is 2. The Labute approximate surface area is 170 Å². The Kier molecular flexibility index (Phi) is 4.33. The van der Waals surface area contributed by atoms with Crippen molar-refractivity contribution in [3.05, 3.63) is 71.2 Å². The zero-order valence-corrected chi connectivity index (χ0v) is 17.4. The Hall–Kier alpha value is -1.78. The van der Waals surface area contributed by atoms with Gasteiger partial charge in [0.2, 0.25) is 0 Å². The molecule has 1 aliphatic carbocycles. The van der Waals surface area contributed by atoms with Gasteiger partial charge in [-0.2, -0.15) is 0 Å². The normalized spacial score (nSPS) is 27.4. The summed E-state index contributed by atoms with van der Waals surface area (Å²) in [6.07, 6.45) is 5.48. The predicted molar refractivity (Wildman–Crippen MR) is 116 cm³/mol. The SMILES string of the molecule is CN(C)C1(c2cccc(F)c2)CCC2(CC1)SCCc1c2[nH]c2ccccc12. The first-order chi connectivity index (χ1) is 13.5. The van der Waals surface area contributed by atoms with Crippen molar-refractivity contribution in [1.29, 1.82) is 0 Å². The molecule has 0 saturated heterocycles. The Morgan fingerprint density at radius 3 is 2.54 bits per heavy atom. The second kappa shape index (κ2) is 6.64. The van der Waals surface area contributed by atoms with Crippen molar-refractivity contribution in [3.63, 3.8) is 0 Å². The number of hydrogen-bond donors (Lipinski definition) is 1. The molecule has 4 heteroatoms. The Balaban J connectivity index is 1.53. The van der Waals surface area contributed by atoms with Gasteiger partial charge in [-0.05, 0) is 81.3 Å². The molecule has 0 amide bonds. The van der Waals surface area contributed by atoms with Gasteiger partial charge in [-0.15, -0.1) is 11.8 Å². The third-order valence-electron chi connectivity index (χ3n) is 7.10. The van der Waals surface area contributed by atoms with Gasteiger partial charge in [-0.3, -0.25) is 4.90 Å². The molecule has 28 heavy (non-hydrogen) atoms. The zero-order chi connectivity index (χ0) is 19.4. The molecule has 0 unspecified atom stereocenters. The van der Waals surface area contributed by atoms with Crippen LogP contribution >= 0.6 is 11.8 Å². The standard InChI is InChI=1S/C24H27FN2S/c1-27(2)23(17-6-5-7-18(25)16-17)11-13-24(14-12-23)22-20(10-15-28-24)19-8-3-4-9-21(19)26-22/h3-9,16,26H,10-15H2,1-2H3. The van der Waals surface area contributed by atoms with Crippen LogP contribution in [0.4, 0.5) is 4.39 Å². The van der Waals surface area contributed by atoms with Gasteiger partial charge >= 0.3 is 0 Å². The van der Waals surface area contributed by atoms with Crippen LogP contribution in [0.5, 0.6) is 0 Å². The van der Waals surface area contributed by atoms with E-state index in [4.69, 9.17) is 0 Å². The molecule has 0 atom stereocenters. The lowest BCUT2D eigenvalue weighted by Gasteiger charge is -2.50. The van der Waals surface area contributed by atoms with Crippen LogP contribution in [0.3, 0.4) is 0 Å². The molecule has 5 rings (SSSR count). The summed E-state index contributed by atoms with van der Waals surface area (Å²) < 4.78 is 14.2. The second-order valence-corrected chi connectivity index (χ2v) is 10.0. The summed E-state index contributed by atoms with van der Waals surface area (Å²) in [7, 11) is 4.29. The first-order valence-electron chi connectivity index (χ1n) is 10.2. The molecule has 0 bridgehead atoms. The highest BCUT2D eigenvalue weighted by molar-refractivity contribution is 8.00. The molecule has 1 saturated carbocycles. The van der Waals surface area contributed by atoms with Crippen LogP contribution in [0, 0.1) is 5.82 Å². The summed E-state index contributed by atoms with van der Waals surface area (Å²) in [4.78, 5) is 6.10. The molecule has 2 aliphatic rings. The number of aromatic nitrogens is 1. The van der Waals surface area contributed by atoms with Crippen LogP contribution in [0.1, 0.15) is 42.5 Å². The maximum Gasteiger partial charge on any atom is 0.123 e. The maximum absolute atomic E-state index is 14.0. The number of benzene rings is 2. The van der Waals surface area contributed by atoms with Crippen LogP contribution in [-0.4, -0.2) is 29.7 Å². The smallest absolute Gasteiger partial charge is 0.123 e. The molecule has 2 aromatic carbocycles. The van der Waals surface area contributed by atoms with E-state index in [9.17, 15) is 4.39 Å². The van der Waals surface area contributed by atoms with Gasteiger partial charge in [-0.1, -0.05) is 30.3 Å². The molecule has 146 valence electrons. The topological polar surface area (TPSA) is 19.0 Å². The third kappa shape index (κ3) is 2.65. The molecule has 1 N–H and O–H groups in total. The number of nitrogens with zero attached hydrogens (tertiary/aromatic N) is 1. The van der Waals surface area contributed by atoms with Gasteiger partial charge in [-0.25, -0.2) is 4.39 Å². The molecule has 1 spiro atoms. The fourth-order valence-corrected chi connectivity index (χ4v) is 7.01. The van der Waals surface area contributed by atoms with Gasteiger partial charge in [0, 0.05) is 22.1 Å². The van der Waals surface area contributed by atoms with E-state index in [1.165, 1.54) is 27.9 Å². The molecule has 3 aromatic rings. The van der Waals surface area contributed by atoms with Crippen molar-refractivity contribution in [2.45, 2.75) is 42.4 Å². The number of H-pyrrole nitrogens is 1. The van der Waals surface area contributed by atoms with Crippen molar-refractivity contribution in [1.82, 2.24) is 9.88 Å². The number of rotatable bonds is 2. The van der Waals surface area contributed by atoms with E-state index in [1.54, 1.807) is 12.1 Å². The monoisotopic (exact) mass is 394 g/mol. The van der Waals surface area contributed by atoms with Gasteiger partial charge in [0.15, 0.2) is 0 Å². The predicted octanol–water partition coefficient (Wildman–Crippen LogP) is 5.82. The minimum atomic E-state index is -0.135. The fourth-order valence-electron chi connectivity index (χ4n) is 5.50. The first kappa shape index (κ1) is 18.3. The number of fused-ring (bicyclic) bond motifs is 4. The zero-order valence-electron chi connectivity index (χ0n) is 16.6. The summed E-state index contributed by atoms with van der Waals surface area (Å²) in [6, 6.07) is 16.0. The van der Waals surface area contributed by atoms with Crippen molar-refractivity contribution in [3.8, 4) is 0 Å². The van der Waals surface area contributed by atoms with Gasteiger partial charge < -0.3 is 4.98 Å². The third-order valence-corrected chi connectivity index (χ3v) is 8.68. The van der Waals surface area contributed by atoms with Gasteiger partial charge in [0.1, 0.15) is 5.82 Å². The molecule has 1 fully saturated rings. The lowest BCUT2D eigenvalue weighted by atomic mass is 9.70. The minimum Gasteiger partial charge on any atom is -0.357 e. The summed E-state index contributed by atoms with van der Waals surface area (Å²) in [6.45, 7) is 0. The van der Waals surface area contributed by atoms with Crippen molar-refractivity contribution >= 4 is 22.7 Å². The van der Waals surface area contributed by atoms with E-state index in [-0.39, 0.29) is 16.1 Å². The average Bonchev–Trinajstić information content (AvgIpc) is 3.09. The lowest BCUT2D eigenvalue weighted by molar-refractivity contribution is 0.0836. The van der Waals surface area contributed by atoms with Crippen molar-refractivity contribution < 1.29 is 4.39 Å². The minimum absolute atomic E-state index is 0.0858. The van der Waals surface area contributed by atoms with Crippen LogP contribution in [0.25, 0.3) is 10.9 Å². The largest absolute Gasteiger partial charge is 0.357 e. The maximum atomic E-state index is 14.0. The average molecular weight is 395 g/mol. The summed E-state index contributed by atoms with van der Waals surface area (Å²) in [5, 5.41) is 1.40. The van der Waals surface area contributed by atoms with E-state index in [0.29, 0.717) is 0 Å².